The summed E-state index contributed by atoms with van der Waals surface area (Å²) < 4.78 is 5.03. The van der Waals surface area contributed by atoms with E-state index >= 15 is 0 Å². The van der Waals surface area contributed by atoms with Gasteiger partial charge in [0.2, 0.25) is 0 Å². The van der Waals surface area contributed by atoms with Crippen molar-refractivity contribution in [2.75, 3.05) is 7.11 Å². The second-order valence-corrected chi connectivity index (χ2v) is 11.7. The predicted molar refractivity (Wildman–Crippen MR) is 99.9 cm³/mol. The second-order valence-electron chi connectivity index (χ2n) is 6.78. The standard InChI is InChI=1S/C20H26O3Si/c1-15(24(3,4)17-13-9-6-10-14-17)18(20(22)23-2)19(21)16-11-7-5-8-12-16/h5-15,18-19,21H,1-4H3/t15-,18+,19-/m0/s1. The summed E-state index contributed by atoms with van der Waals surface area (Å²) in [7, 11) is -0.596. The third-order valence-electron chi connectivity index (χ3n) is 5.15. The Labute approximate surface area is 145 Å². The van der Waals surface area contributed by atoms with Crippen LogP contribution in [-0.2, 0) is 9.53 Å². The Bertz CT molecular complexity index is 655. The first-order valence-electron chi connectivity index (χ1n) is 8.26. The average molecular weight is 343 g/mol. The van der Waals surface area contributed by atoms with Gasteiger partial charge in [0.25, 0.3) is 0 Å². The lowest BCUT2D eigenvalue weighted by Gasteiger charge is -2.37. The van der Waals surface area contributed by atoms with E-state index in [1.807, 2.05) is 48.5 Å². The summed E-state index contributed by atoms with van der Waals surface area (Å²) in [5, 5.41) is 12.2. The van der Waals surface area contributed by atoms with Crippen LogP contribution in [0.15, 0.2) is 60.7 Å². The molecule has 0 aliphatic carbocycles. The van der Waals surface area contributed by atoms with Crippen molar-refractivity contribution in [3.05, 3.63) is 66.2 Å². The van der Waals surface area contributed by atoms with Crippen LogP contribution >= 0.6 is 0 Å². The molecule has 2 rings (SSSR count). The number of aliphatic hydroxyl groups is 1. The van der Waals surface area contributed by atoms with Crippen LogP contribution in [0.4, 0.5) is 0 Å². The Morgan fingerprint density at radius 3 is 2.00 bits per heavy atom. The molecule has 1 N–H and O–H groups in total. The van der Waals surface area contributed by atoms with E-state index in [9.17, 15) is 9.90 Å². The minimum Gasteiger partial charge on any atom is -0.469 e. The van der Waals surface area contributed by atoms with Crippen molar-refractivity contribution in [1.29, 1.82) is 0 Å². The van der Waals surface area contributed by atoms with Gasteiger partial charge in [-0.05, 0) is 11.1 Å². The normalized spacial score (nSPS) is 15.4. The van der Waals surface area contributed by atoms with Crippen LogP contribution in [0, 0.1) is 5.92 Å². The number of ether oxygens (including phenoxy) is 1. The number of carbonyl (C=O) groups is 1. The van der Waals surface area contributed by atoms with Crippen LogP contribution in [0.2, 0.25) is 18.6 Å². The van der Waals surface area contributed by atoms with E-state index in [4.69, 9.17) is 4.74 Å². The molecule has 3 nitrogen and oxygen atoms in total. The molecule has 0 amide bonds. The molecule has 0 fully saturated rings. The first-order valence-corrected chi connectivity index (χ1v) is 11.3. The van der Waals surface area contributed by atoms with Gasteiger partial charge in [-0.25, -0.2) is 0 Å². The smallest absolute Gasteiger partial charge is 0.311 e. The number of esters is 1. The van der Waals surface area contributed by atoms with Gasteiger partial charge in [0.15, 0.2) is 0 Å². The van der Waals surface area contributed by atoms with Crippen LogP contribution in [0.5, 0.6) is 0 Å². The van der Waals surface area contributed by atoms with Crippen LogP contribution in [0.3, 0.4) is 0 Å². The predicted octanol–water partition coefficient (Wildman–Crippen LogP) is 3.51. The maximum Gasteiger partial charge on any atom is 0.311 e. The molecule has 0 bridgehead atoms. The van der Waals surface area contributed by atoms with Gasteiger partial charge in [-0.1, -0.05) is 85.9 Å². The van der Waals surface area contributed by atoms with Gasteiger partial charge in [0.1, 0.15) is 0 Å². The molecule has 0 saturated heterocycles. The number of hydrogen-bond acceptors (Lipinski definition) is 3. The average Bonchev–Trinajstić information content (AvgIpc) is 2.62. The first-order chi connectivity index (χ1) is 11.4. The van der Waals surface area contributed by atoms with Crippen molar-refractivity contribution in [2.45, 2.75) is 31.7 Å². The highest BCUT2D eigenvalue weighted by molar-refractivity contribution is 6.91. The fourth-order valence-corrected chi connectivity index (χ4v) is 5.97. The van der Waals surface area contributed by atoms with E-state index in [2.05, 4.69) is 32.2 Å². The molecule has 2 aromatic rings. The molecule has 3 atom stereocenters. The quantitative estimate of drug-likeness (QED) is 0.645. The summed E-state index contributed by atoms with van der Waals surface area (Å²) in [6.07, 6.45) is -0.871. The van der Waals surface area contributed by atoms with Crippen molar-refractivity contribution in [3.63, 3.8) is 0 Å². The van der Waals surface area contributed by atoms with E-state index in [-0.39, 0.29) is 11.5 Å². The molecule has 0 unspecified atom stereocenters. The molecule has 0 radical (unpaired) electrons. The van der Waals surface area contributed by atoms with E-state index in [0.29, 0.717) is 0 Å². The Hall–Kier alpha value is -1.91. The molecule has 0 aliphatic rings. The van der Waals surface area contributed by atoms with Gasteiger partial charge >= 0.3 is 5.97 Å². The van der Waals surface area contributed by atoms with E-state index in [0.717, 1.165) is 5.56 Å². The van der Waals surface area contributed by atoms with Crippen LogP contribution in [0.1, 0.15) is 18.6 Å². The lowest BCUT2D eigenvalue weighted by atomic mass is 9.93. The lowest BCUT2D eigenvalue weighted by molar-refractivity contribution is -0.149. The molecule has 0 heterocycles. The van der Waals surface area contributed by atoms with E-state index in [1.165, 1.54) is 12.3 Å². The maximum atomic E-state index is 12.5. The minimum atomic E-state index is -1.98. The fourth-order valence-electron chi connectivity index (χ4n) is 3.18. The molecule has 4 heteroatoms. The van der Waals surface area contributed by atoms with Crippen molar-refractivity contribution in [3.8, 4) is 0 Å². The lowest BCUT2D eigenvalue weighted by Crippen LogP contribution is -2.50. The Morgan fingerprint density at radius 2 is 1.50 bits per heavy atom. The fraction of sp³-hybridized carbons (Fsp3) is 0.350. The van der Waals surface area contributed by atoms with Gasteiger partial charge in [0.05, 0.1) is 27.2 Å². The third kappa shape index (κ3) is 3.76. The zero-order chi connectivity index (χ0) is 17.7. The molecule has 2 aromatic carbocycles. The number of benzene rings is 2. The number of hydrogen-bond donors (Lipinski definition) is 1. The van der Waals surface area contributed by atoms with Crippen molar-refractivity contribution < 1.29 is 14.6 Å². The Morgan fingerprint density at radius 1 is 1.00 bits per heavy atom. The van der Waals surface area contributed by atoms with Gasteiger partial charge < -0.3 is 9.84 Å². The monoisotopic (exact) mass is 342 g/mol. The number of rotatable bonds is 6. The van der Waals surface area contributed by atoms with E-state index in [1.54, 1.807) is 0 Å². The zero-order valence-electron chi connectivity index (χ0n) is 14.8. The highest BCUT2D eigenvalue weighted by Crippen LogP contribution is 2.38. The van der Waals surface area contributed by atoms with Gasteiger partial charge in [-0.2, -0.15) is 0 Å². The van der Waals surface area contributed by atoms with Gasteiger partial charge in [-0.15, -0.1) is 0 Å². The SMILES string of the molecule is COC(=O)[C@@H]([C@@H](O)c1ccccc1)[C@H](C)[Si](C)(C)c1ccccc1. The van der Waals surface area contributed by atoms with Crippen LogP contribution in [-0.4, -0.2) is 26.3 Å². The van der Waals surface area contributed by atoms with Crippen LogP contribution < -0.4 is 5.19 Å². The summed E-state index contributed by atoms with van der Waals surface area (Å²) in [6.45, 7) is 6.54. The zero-order valence-corrected chi connectivity index (χ0v) is 15.8. The van der Waals surface area contributed by atoms with E-state index < -0.39 is 20.1 Å². The second kappa shape index (κ2) is 7.77. The number of aliphatic hydroxyl groups excluding tert-OH is 1. The van der Waals surface area contributed by atoms with Crippen molar-refractivity contribution in [1.82, 2.24) is 0 Å². The van der Waals surface area contributed by atoms with Gasteiger partial charge in [0, 0.05) is 0 Å². The van der Waals surface area contributed by atoms with Gasteiger partial charge in [-0.3, -0.25) is 4.79 Å². The summed E-state index contributed by atoms with van der Waals surface area (Å²) in [5.41, 5.74) is 0.764. The summed E-state index contributed by atoms with van der Waals surface area (Å²) >= 11 is 0. The maximum absolute atomic E-state index is 12.5. The minimum absolute atomic E-state index is 0.0163. The molecule has 0 spiro atoms. The number of carbonyl (C=O) groups excluding carboxylic acids is 1. The van der Waals surface area contributed by atoms with Crippen molar-refractivity contribution in [2.24, 2.45) is 5.92 Å². The topological polar surface area (TPSA) is 46.5 Å². The Kier molecular flexibility index (Phi) is 5.97. The molecule has 0 aromatic heterocycles. The molecule has 0 saturated carbocycles. The Balaban J connectivity index is 2.39. The highest BCUT2D eigenvalue weighted by atomic mass is 28.3. The van der Waals surface area contributed by atoms with Crippen molar-refractivity contribution >= 4 is 19.2 Å². The molecule has 128 valence electrons. The molecular weight excluding hydrogens is 316 g/mol. The summed E-state index contributed by atoms with van der Waals surface area (Å²) in [6, 6.07) is 19.6. The molecular formula is C20H26O3Si. The molecule has 24 heavy (non-hydrogen) atoms. The highest BCUT2D eigenvalue weighted by Gasteiger charge is 2.43. The third-order valence-corrected chi connectivity index (χ3v) is 9.61. The first kappa shape index (κ1) is 18.4. The summed E-state index contributed by atoms with van der Waals surface area (Å²) in [4.78, 5) is 12.5. The number of methoxy groups -OCH3 is 1. The largest absolute Gasteiger partial charge is 0.469 e. The molecule has 0 aliphatic heterocycles. The summed E-state index contributed by atoms with van der Waals surface area (Å²) in [5.74, 6) is -0.936. The van der Waals surface area contributed by atoms with Crippen LogP contribution in [0.25, 0.3) is 0 Å².